The number of aromatic nitrogens is 3. The van der Waals surface area contributed by atoms with Crippen molar-refractivity contribution in [2.75, 3.05) is 0 Å². The van der Waals surface area contributed by atoms with Crippen LogP contribution in [0.3, 0.4) is 0 Å². The average Bonchev–Trinajstić information content (AvgIpc) is 3.01. The number of hydrogen-bond acceptors (Lipinski definition) is 3. The number of thiazole rings is 1. The third-order valence-electron chi connectivity index (χ3n) is 3.61. The summed E-state index contributed by atoms with van der Waals surface area (Å²) in [7, 11) is 0. The maximum Gasteiger partial charge on any atom is 0.128 e. The SMILES string of the molecule is Cc1ccc2c(c1)nc(C(C)Cl)n2C(C)c1ncc(C)s1. The monoisotopic (exact) mass is 319 g/mol. The number of aryl methyl sites for hydroxylation is 2. The van der Waals surface area contributed by atoms with Crippen LogP contribution in [0.1, 0.15) is 46.5 Å². The topological polar surface area (TPSA) is 30.7 Å². The Balaban J connectivity index is 2.21. The first-order valence-electron chi connectivity index (χ1n) is 7.02. The molecule has 3 aromatic rings. The van der Waals surface area contributed by atoms with E-state index >= 15 is 0 Å². The van der Waals surface area contributed by atoms with Crippen molar-refractivity contribution >= 4 is 34.0 Å². The van der Waals surface area contributed by atoms with Crippen LogP contribution in [-0.4, -0.2) is 14.5 Å². The molecule has 2 heterocycles. The Bertz CT molecular complexity index is 788. The van der Waals surface area contributed by atoms with Crippen molar-refractivity contribution in [2.45, 2.75) is 39.1 Å². The average molecular weight is 320 g/mol. The van der Waals surface area contributed by atoms with E-state index in [0.29, 0.717) is 0 Å². The summed E-state index contributed by atoms with van der Waals surface area (Å²) in [6.45, 7) is 8.28. The van der Waals surface area contributed by atoms with Crippen LogP contribution in [0.25, 0.3) is 11.0 Å². The van der Waals surface area contributed by atoms with Gasteiger partial charge in [-0.05, 0) is 45.4 Å². The van der Waals surface area contributed by atoms with Crippen LogP contribution in [-0.2, 0) is 0 Å². The molecule has 0 saturated heterocycles. The molecule has 5 heteroatoms. The maximum atomic E-state index is 6.36. The molecule has 2 atom stereocenters. The van der Waals surface area contributed by atoms with Gasteiger partial charge in [0, 0.05) is 11.1 Å². The van der Waals surface area contributed by atoms with E-state index in [-0.39, 0.29) is 11.4 Å². The maximum absolute atomic E-state index is 6.36. The molecule has 1 aromatic carbocycles. The van der Waals surface area contributed by atoms with Gasteiger partial charge in [-0.15, -0.1) is 22.9 Å². The molecule has 21 heavy (non-hydrogen) atoms. The van der Waals surface area contributed by atoms with Gasteiger partial charge in [-0.3, -0.25) is 0 Å². The second kappa shape index (κ2) is 5.43. The molecule has 0 aliphatic heterocycles. The van der Waals surface area contributed by atoms with Gasteiger partial charge >= 0.3 is 0 Å². The van der Waals surface area contributed by atoms with Crippen LogP contribution in [0.5, 0.6) is 0 Å². The van der Waals surface area contributed by atoms with Gasteiger partial charge in [0.05, 0.1) is 22.5 Å². The van der Waals surface area contributed by atoms with Gasteiger partial charge in [0.1, 0.15) is 10.8 Å². The van der Waals surface area contributed by atoms with E-state index in [4.69, 9.17) is 16.6 Å². The fourth-order valence-electron chi connectivity index (χ4n) is 2.59. The van der Waals surface area contributed by atoms with Crippen molar-refractivity contribution in [1.29, 1.82) is 0 Å². The normalized spacial score (nSPS) is 14.5. The third kappa shape index (κ3) is 2.58. The van der Waals surface area contributed by atoms with Gasteiger partial charge in [0.15, 0.2) is 0 Å². The van der Waals surface area contributed by atoms with Gasteiger partial charge in [0.25, 0.3) is 0 Å². The molecule has 3 nitrogen and oxygen atoms in total. The minimum atomic E-state index is -0.138. The Morgan fingerprint density at radius 2 is 2.00 bits per heavy atom. The standard InChI is InChI=1S/C16H18ClN3S/c1-9-5-6-14-13(7-9)19-15(11(3)17)20(14)12(4)16-18-8-10(2)21-16/h5-8,11-12H,1-4H3. The molecule has 0 fully saturated rings. The van der Waals surface area contributed by atoms with Crippen LogP contribution in [0.4, 0.5) is 0 Å². The Labute approximate surface area is 133 Å². The highest BCUT2D eigenvalue weighted by atomic mass is 35.5. The second-order valence-corrected chi connectivity index (χ2v) is 7.35. The molecular weight excluding hydrogens is 302 g/mol. The molecule has 0 radical (unpaired) electrons. The second-order valence-electron chi connectivity index (χ2n) is 5.43. The van der Waals surface area contributed by atoms with Crippen molar-refractivity contribution in [3.05, 3.63) is 45.7 Å². The smallest absolute Gasteiger partial charge is 0.128 e. The van der Waals surface area contributed by atoms with E-state index in [1.165, 1.54) is 10.4 Å². The summed E-state index contributed by atoms with van der Waals surface area (Å²) in [6, 6.07) is 6.47. The molecule has 110 valence electrons. The number of benzene rings is 1. The molecule has 0 amide bonds. The highest BCUT2D eigenvalue weighted by Gasteiger charge is 2.21. The van der Waals surface area contributed by atoms with Crippen LogP contribution in [0.15, 0.2) is 24.4 Å². The van der Waals surface area contributed by atoms with Crippen LogP contribution < -0.4 is 0 Å². The molecule has 2 unspecified atom stereocenters. The molecular formula is C16H18ClN3S. The number of imidazole rings is 1. The van der Waals surface area contributed by atoms with Crippen LogP contribution in [0, 0.1) is 13.8 Å². The summed E-state index contributed by atoms with van der Waals surface area (Å²) < 4.78 is 2.21. The molecule has 0 saturated carbocycles. The van der Waals surface area contributed by atoms with E-state index < -0.39 is 0 Å². The number of nitrogens with zero attached hydrogens (tertiary/aromatic N) is 3. The third-order valence-corrected chi connectivity index (χ3v) is 4.89. The first-order valence-corrected chi connectivity index (χ1v) is 8.27. The molecule has 0 aliphatic carbocycles. The predicted molar refractivity (Wildman–Crippen MR) is 89.4 cm³/mol. The molecule has 0 spiro atoms. The Morgan fingerprint density at radius 3 is 2.62 bits per heavy atom. The summed E-state index contributed by atoms with van der Waals surface area (Å²) >= 11 is 8.08. The molecule has 3 rings (SSSR count). The van der Waals surface area contributed by atoms with Crippen molar-refractivity contribution < 1.29 is 0 Å². The lowest BCUT2D eigenvalue weighted by molar-refractivity contribution is 0.615. The van der Waals surface area contributed by atoms with Gasteiger partial charge in [-0.25, -0.2) is 9.97 Å². The predicted octanol–water partition coefficient (Wildman–Crippen LogP) is 5.02. The largest absolute Gasteiger partial charge is 0.317 e. The van der Waals surface area contributed by atoms with Crippen molar-refractivity contribution in [3.8, 4) is 0 Å². The summed E-state index contributed by atoms with van der Waals surface area (Å²) in [5.74, 6) is 0.901. The van der Waals surface area contributed by atoms with E-state index in [2.05, 4.69) is 48.5 Å². The van der Waals surface area contributed by atoms with E-state index in [9.17, 15) is 0 Å². The van der Waals surface area contributed by atoms with Crippen molar-refractivity contribution in [2.24, 2.45) is 0 Å². The number of halogens is 1. The molecule has 2 aromatic heterocycles. The van der Waals surface area contributed by atoms with E-state index in [1.807, 2.05) is 13.1 Å². The van der Waals surface area contributed by atoms with Crippen LogP contribution in [0.2, 0.25) is 0 Å². The Kier molecular flexibility index (Phi) is 3.76. The lowest BCUT2D eigenvalue weighted by atomic mass is 10.2. The lowest BCUT2D eigenvalue weighted by Gasteiger charge is -2.16. The first-order chi connectivity index (χ1) is 9.97. The van der Waals surface area contributed by atoms with Gasteiger partial charge in [-0.1, -0.05) is 6.07 Å². The summed E-state index contributed by atoms with van der Waals surface area (Å²) in [5.41, 5.74) is 3.32. The fraction of sp³-hybridized carbons (Fsp3) is 0.375. The Morgan fingerprint density at radius 1 is 1.24 bits per heavy atom. The first kappa shape index (κ1) is 14.5. The number of alkyl halides is 1. The number of rotatable bonds is 3. The van der Waals surface area contributed by atoms with Gasteiger partial charge in [-0.2, -0.15) is 0 Å². The van der Waals surface area contributed by atoms with Crippen molar-refractivity contribution in [3.63, 3.8) is 0 Å². The van der Waals surface area contributed by atoms with Crippen LogP contribution >= 0.6 is 22.9 Å². The van der Waals surface area contributed by atoms with E-state index in [0.717, 1.165) is 21.9 Å². The zero-order chi connectivity index (χ0) is 15.1. The van der Waals surface area contributed by atoms with Gasteiger partial charge in [0.2, 0.25) is 0 Å². The lowest BCUT2D eigenvalue weighted by Crippen LogP contribution is -2.11. The molecule has 0 N–H and O–H groups in total. The van der Waals surface area contributed by atoms with Crippen molar-refractivity contribution in [1.82, 2.24) is 14.5 Å². The number of hydrogen-bond donors (Lipinski definition) is 0. The summed E-state index contributed by atoms with van der Waals surface area (Å²) in [5, 5.41) is 0.951. The van der Waals surface area contributed by atoms with Gasteiger partial charge < -0.3 is 4.57 Å². The minimum absolute atomic E-state index is 0.132. The quantitative estimate of drug-likeness (QED) is 0.635. The summed E-state index contributed by atoms with van der Waals surface area (Å²) in [6.07, 6.45) is 1.92. The Hall–Kier alpha value is -1.39. The zero-order valence-corrected chi connectivity index (χ0v) is 14.2. The summed E-state index contributed by atoms with van der Waals surface area (Å²) in [4.78, 5) is 10.5. The minimum Gasteiger partial charge on any atom is -0.317 e. The number of fused-ring (bicyclic) bond motifs is 1. The fourth-order valence-corrected chi connectivity index (χ4v) is 3.56. The molecule has 0 aliphatic rings. The molecule has 0 bridgehead atoms. The van der Waals surface area contributed by atoms with E-state index in [1.54, 1.807) is 11.3 Å². The zero-order valence-electron chi connectivity index (χ0n) is 12.6. The highest BCUT2D eigenvalue weighted by Crippen LogP contribution is 2.32. The highest BCUT2D eigenvalue weighted by molar-refractivity contribution is 7.11.